The molecule has 1 heterocycles. The summed E-state index contributed by atoms with van der Waals surface area (Å²) in [5.41, 5.74) is 1.63. The Labute approximate surface area is 171 Å². The van der Waals surface area contributed by atoms with Gasteiger partial charge in [0.15, 0.2) is 0 Å². The molecule has 2 aromatic rings. The van der Waals surface area contributed by atoms with Gasteiger partial charge in [0.2, 0.25) is 0 Å². The second kappa shape index (κ2) is 9.11. The largest absolute Gasteiger partial charge is 0.464 e. The van der Waals surface area contributed by atoms with Gasteiger partial charge in [0.1, 0.15) is 11.4 Å². The summed E-state index contributed by atoms with van der Waals surface area (Å²) < 4.78 is 6.44. The van der Waals surface area contributed by atoms with Crippen molar-refractivity contribution in [2.45, 2.75) is 52.0 Å². The Morgan fingerprint density at radius 3 is 2.62 bits per heavy atom. The standard InChI is InChI=1S/C22H29N3O4/c1-16(2)15-24(17-8-5-4-6-9-17)19-12-11-18(14-21(19)25(27)28)23-13-7-10-20(23)22(26)29-3/h7,10-14,16-17H,4-6,8-9,15H2,1-3H3. The molecule has 1 aliphatic carbocycles. The predicted octanol–water partition coefficient (Wildman–Crippen LogP) is 4.97. The summed E-state index contributed by atoms with van der Waals surface area (Å²) in [5, 5.41) is 12.0. The highest BCUT2D eigenvalue weighted by atomic mass is 16.6. The average Bonchev–Trinajstić information content (AvgIpc) is 3.21. The van der Waals surface area contributed by atoms with Crippen LogP contribution in [0, 0.1) is 16.0 Å². The van der Waals surface area contributed by atoms with E-state index < -0.39 is 5.97 Å². The van der Waals surface area contributed by atoms with E-state index in [1.807, 2.05) is 12.1 Å². The molecule has 0 atom stereocenters. The van der Waals surface area contributed by atoms with E-state index in [4.69, 9.17) is 4.74 Å². The van der Waals surface area contributed by atoms with Crippen LogP contribution in [0.2, 0.25) is 0 Å². The molecule has 3 rings (SSSR count). The van der Waals surface area contributed by atoms with Gasteiger partial charge in [0.25, 0.3) is 5.69 Å². The number of nitrogens with zero attached hydrogens (tertiary/aromatic N) is 3. The maximum atomic E-state index is 12.0. The number of ether oxygens (including phenoxy) is 1. The number of methoxy groups -OCH3 is 1. The monoisotopic (exact) mass is 399 g/mol. The first-order chi connectivity index (χ1) is 13.9. The van der Waals surface area contributed by atoms with Gasteiger partial charge in [0.05, 0.1) is 17.7 Å². The van der Waals surface area contributed by atoms with Crippen LogP contribution in [0.5, 0.6) is 0 Å². The highest BCUT2D eigenvalue weighted by Gasteiger charge is 2.28. The van der Waals surface area contributed by atoms with Crippen LogP contribution in [0.25, 0.3) is 5.69 Å². The van der Waals surface area contributed by atoms with Crippen LogP contribution < -0.4 is 4.90 Å². The number of nitro groups is 1. The molecular formula is C22H29N3O4. The van der Waals surface area contributed by atoms with Gasteiger partial charge in [-0.25, -0.2) is 4.79 Å². The van der Waals surface area contributed by atoms with Gasteiger partial charge < -0.3 is 14.2 Å². The third kappa shape index (κ3) is 4.60. The first-order valence-electron chi connectivity index (χ1n) is 10.2. The molecule has 0 N–H and O–H groups in total. The third-order valence-corrected chi connectivity index (χ3v) is 5.46. The molecule has 1 aliphatic rings. The average molecular weight is 399 g/mol. The van der Waals surface area contributed by atoms with Gasteiger partial charge in [-0.05, 0) is 43.0 Å². The van der Waals surface area contributed by atoms with Crippen molar-refractivity contribution in [1.29, 1.82) is 0 Å². The third-order valence-electron chi connectivity index (χ3n) is 5.46. The second-order valence-corrected chi connectivity index (χ2v) is 8.02. The van der Waals surface area contributed by atoms with Crippen molar-refractivity contribution in [2.75, 3.05) is 18.6 Å². The lowest BCUT2D eigenvalue weighted by Crippen LogP contribution is -2.39. The van der Waals surface area contributed by atoms with Crippen molar-refractivity contribution < 1.29 is 14.5 Å². The number of rotatable bonds is 7. The smallest absolute Gasteiger partial charge is 0.355 e. The number of hydrogen-bond donors (Lipinski definition) is 0. The zero-order valence-electron chi connectivity index (χ0n) is 17.3. The zero-order chi connectivity index (χ0) is 21.0. The second-order valence-electron chi connectivity index (χ2n) is 8.02. The van der Waals surface area contributed by atoms with Crippen molar-refractivity contribution >= 4 is 17.3 Å². The summed E-state index contributed by atoms with van der Waals surface area (Å²) in [6.07, 6.45) is 7.40. The molecule has 1 saturated carbocycles. The van der Waals surface area contributed by atoms with E-state index in [0.717, 1.165) is 32.2 Å². The van der Waals surface area contributed by atoms with E-state index in [2.05, 4.69) is 18.7 Å². The number of carbonyl (C=O) groups excluding carboxylic acids is 1. The molecular weight excluding hydrogens is 370 g/mol. The normalized spacial score (nSPS) is 14.8. The number of esters is 1. The topological polar surface area (TPSA) is 77.6 Å². The lowest BCUT2D eigenvalue weighted by atomic mass is 9.93. The molecule has 0 aliphatic heterocycles. The van der Waals surface area contributed by atoms with Crippen molar-refractivity contribution in [3.8, 4) is 5.69 Å². The highest BCUT2D eigenvalue weighted by molar-refractivity contribution is 5.88. The van der Waals surface area contributed by atoms with Crippen molar-refractivity contribution in [3.63, 3.8) is 0 Å². The summed E-state index contributed by atoms with van der Waals surface area (Å²) in [5.74, 6) is -0.0862. The molecule has 0 spiro atoms. The summed E-state index contributed by atoms with van der Waals surface area (Å²) in [6, 6.07) is 8.90. The number of nitro benzene ring substituents is 1. The Hall–Kier alpha value is -2.83. The van der Waals surface area contributed by atoms with Gasteiger partial charge in [-0.2, -0.15) is 0 Å². The fraction of sp³-hybridized carbons (Fsp3) is 0.500. The first-order valence-corrected chi connectivity index (χ1v) is 10.2. The van der Waals surface area contributed by atoms with Gasteiger partial charge in [-0.15, -0.1) is 0 Å². The van der Waals surface area contributed by atoms with Gasteiger partial charge >= 0.3 is 5.97 Å². The minimum absolute atomic E-state index is 0.0678. The lowest BCUT2D eigenvalue weighted by molar-refractivity contribution is -0.384. The number of anilines is 1. The van der Waals surface area contributed by atoms with Gasteiger partial charge in [0, 0.05) is 24.8 Å². The van der Waals surface area contributed by atoms with E-state index in [9.17, 15) is 14.9 Å². The minimum Gasteiger partial charge on any atom is -0.464 e. The van der Waals surface area contributed by atoms with Crippen LogP contribution in [0.4, 0.5) is 11.4 Å². The number of hydrogen-bond acceptors (Lipinski definition) is 5. The zero-order valence-corrected chi connectivity index (χ0v) is 17.3. The summed E-state index contributed by atoms with van der Waals surface area (Å²) in [7, 11) is 1.32. The molecule has 0 bridgehead atoms. The van der Waals surface area contributed by atoms with Gasteiger partial charge in [-0.3, -0.25) is 10.1 Å². The van der Waals surface area contributed by atoms with Crippen molar-refractivity contribution in [1.82, 2.24) is 4.57 Å². The number of benzene rings is 1. The maximum absolute atomic E-state index is 12.0. The lowest BCUT2D eigenvalue weighted by Gasteiger charge is -2.37. The van der Waals surface area contributed by atoms with Crippen LogP contribution >= 0.6 is 0 Å². The van der Waals surface area contributed by atoms with E-state index in [1.54, 1.807) is 29.0 Å². The van der Waals surface area contributed by atoms with Crippen LogP contribution in [0.3, 0.4) is 0 Å². The molecule has 1 fully saturated rings. The van der Waals surface area contributed by atoms with E-state index in [-0.39, 0.29) is 10.6 Å². The van der Waals surface area contributed by atoms with Crippen LogP contribution in [-0.4, -0.2) is 35.2 Å². The summed E-state index contributed by atoms with van der Waals surface area (Å²) in [4.78, 5) is 25.9. The molecule has 156 valence electrons. The number of aromatic nitrogens is 1. The van der Waals surface area contributed by atoms with E-state index in [0.29, 0.717) is 29.0 Å². The first kappa shape index (κ1) is 20.9. The van der Waals surface area contributed by atoms with Crippen LogP contribution in [0.1, 0.15) is 56.4 Å². The Balaban J connectivity index is 2.04. The highest BCUT2D eigenvalue weighted by Crippen LogP contribution is 2.36. The summed E-state index contributed by atoms with van der Waals surface area (Å²) >= 11 is 0. The quantitative estimate of drug-likeness (QED) is 0.373. The minimum atomic E-state index is -0.481. The maximum Gasteiger partial charge on any atom is 0.355 e. The molecule has 0 unspecified atom stereocenters. The summed E-state index contributed by atoms with van der Waals surface area (Å²) in [6.45, 7) is 5.05. The van der Waals surface area contributed by atoms with Crippen LogP contribution in [-0.2, 0) is 4.74 Å². The molecule has 0 radical (unpaired) electrons. The Morgan fingerprint density at radius 1 is 1.28 bits per heavy atom. The Bertz CT molecular complexity index is 869. The molecule has 7 heteroatoms. The molecule has 0 saturated heterocycles. The predicted molar refractivity (Wildman–Crippen MR) is 113 cm³/mol. The fourth-order valence-electron chi connectivity index (χ4n) is 4.16. The molecule has 1 aromatic carbocycles. The SMILES string of the molecule is COC(=O)c1cccn1-c1ccc(N(CC(C)C)C2CCCCC2)c([N+](=O)[O-])c1. The molecule has 1 aromatic heterocycles. The van der Waals surface area contributed by atoms with E-state index >= 15 is 0 Å². The van der Waals surface area contributed by atoms with Crippen LogP contribution in [0.15, 0.2) is 36.5 Å². The van der Waals surface area contributed by atoms with Gasteiger partial charge in [-0.1, -0.05) is 33.1 Å². The molecule has 0 amide bonds. The van der Waals surface area contributed by atoms with E-state index in [1.165, 1.54) is 13.5 Å². The Kier molecular flexibility index (Phi) is 6.56. The van der Waals surface area contributed by atoms with Crippen molar-refractivity contribution in [3.05, 3.63) is 52.3 Å². The molecule has 7 nitrogen and oxygen atoms in total. The molecule has 29 heavy (non-hydrogen) atoms. The fourth-order valence-corrected chi connectivity index (χ4v) is 4.16. The van der Waals surface area contributed by atoms with Crippen molar-refractivity contribution in [2.24, 2.45) is 5.92 Å². The Morgan fingerprint density at radius 2 is 2.00 bits per heavy atom. The number of carbonyl (C=O) groups is 1.